The number of esters is 1. The van der Waals surface area contributed by atoms with Gasteiger partial charge in [-0.15, -0.1) is 0 Å². The third-order valence-corrected chi connectivity index (χ3v) is 4.12. The minimum absolute atomic E-state index is 0.101. The van der Waals surface area contributed by atoms with Gasteiger partial charge in [-0.1, -0.05) is 35.9 Å². The van der Waals surface area contributed by atoms with Crippen LogP contribution in [-0.2, 0) is 9.53 Å². The van der Waals surface area contributed by atoms with E-state index in [9.17, 15) is 9.59 Å². The second-order valence-corrected chi connectivity index (χ2v) is 6.45. The molecule has 1 heterocycles. The molecule has 1 amide bonds. The number of hydrogen-bond acceptors (Lipinski definition) is 5. The zero-order chi connectivity index (χ0) is 20.8. The summed E-state index contributed by atoms with van der Waals surface area (Å²) in [4.78, 5) is 30.4. The van der Waals surface area contributed by atoms with E-state index >= 15 is 0 Å². The molecule has 0 bridgehead atoms. The van der Waals surface area contributed by atoms with Crippen molar-refractivity contribution in [1.29, 1.82) is 0 Å². The van der Waals surface area contributed by atoms with Crippen LogP contribution in [0.2, 0.25) is 5.02 Å². The van der Waals surface area contributed by atoms with Crippen molar-refractivity contribution >= 4 is 35.0 Å². The summed E-state index contributed by atoms with van der Waals surface area (Å²) in [6, 6.07) is 17.7. The highest BCUT2D eigenvalue weighted by Crippen LogP contribution is 2.32. The second kappa shape index (κ2) is 9.21. The highest BCUT2D eigenvalue weighted by molar-refractivity contribution is 6.31. The van der Waals surface area contributed by atoms with Crippen LogP contribution in [0.15, 0.2) is 66.9 Å². The zero-order valence-corrected chi connectivity index (χ0v) is 16.7. The quantitative estimate of drug-likeness (QED) is 0.509. The fourth-order valence-corrected chi connectivity index (χ4v) is 2.89. The number of benzene rings is 2. The van der Waals surface area contributed by atoms with Gasteiger partial charge in [-0.2, -0.15) is 0 Å². The Balaban J connectivity index is 2.02. The summed E-state index contributed by atoms with van der Waals surface area (Å²) in [5, 5.41) is 0.265. The summed E-state index contributed by atoms with van der Waals surface area (Å²) in [5.74, 6) is 0.391. The number of nitrogens with zero attached hydrogens (tertiary/aromatic N) is 2. The first-order valence-electron chi connectivity index (χ1n) is 8.96. The maximum Gasteiger partial charge on any atom is 0.341 e. The number of aromatic nitrogens is 1. The molecule has 3 rings (SSSR count). The van der Waals surface area contributed by atoms with Gasteiger partial charge < -0.3 is 9.47 Å². The smallest absolute Gasteiger partial charge is 0.341 e. The first kappa shape index (κ1) is 20.4. The van der Waals surface area contributed by atoms with Crippen LogP contribution in [0.1, 0.15) is 24.2 Å². The van der Waals surface area contributed by atoms with E-state index in [4.69, 9.17) is 21.1 Å². The summed E-state index contributed by atoms with van der Waals surface area (Å²) >= 11 is 6.01. The molecule has 0 saturated carbocycles. The third-order valence-electron chi connectivity index (χ3n) is 3.91. The maximum atomic E-state index is 12.5. The number of amides is 1. The lowest BCUT2D eigenvalue weighted by atomic mass is 10.2. The van der Waals surface area contributed by atoms with E-state index in [1.807, 2.05) is 30.3 Å². The van der Waals surface area contributed by atoms with Crippen molar-refractivity contribution in [3.8, 4) is 11.5 Å². The van der Waals surface area contributed by atoms with Gasteiger partial charge in [-0.05, 0) is 37.3 Å². The van der Waals surface area contributed by atoms with Gasteiger partial charge in [-0.3, -0.25) is 9.69 Å². The molecule has 6 nitrogen and oxygen atoms in total. The largest absolute Gasteiger partial charge is 0.462 e. The number of hydrogen-bond donors (Lipinski definition) is 0. The van der Waals surface area contributed by atoms with Gasteiger partial charge in [0.05, 0.1) is 17.3 Å². The average molecular weight is 411 g/mol. The van der Waals surface area contributed by atoms with Crippen LogP contribution in [0.25, 0.3) is 0 Å². The van der Waals surface area contributed by atoms with Crippen molar-refractivity contribution in [3.63, 3.8) is 0 Å². The monoisotopic (exact) mass is 410 g/mol. The molecular weight excluding hydrogens is 392 g/mol. The maximum absolute atomic E-state index is 12.5. The molecule has 0 N–H and O–H groups in total. The second-order valence-electron chi connectivity index (χ2n) is 6.01. The van der Waals surface area contributed by atoms with E-state index in [1.165, 1.54) is 24.1 Å². The fourth-order valence-electron chi connectivity index (χ4n) is 2.73. The Kier molecular flexibility index (Phi) is 6.46. The Morgan fingerprint density at radius 2 is 1.76 bits per heavy atom. The van der Waals surface area contributed by atoms with Crippen LogP contribution in [-0.4, -0.2) is 23.5 Å². The first-order valence-corrected chi connectivity index (χ1v) is 9.33. The molecule has 2 aromatic carbocycles. The molecule has 0 unspecified atom stereocenters. The van der Waals surface area contributed by atoms with Crippen LogP contribution in [0.5, 0.6) is 11.5 Å². The predicted molar refractivity (Wildman–Crippen MR) is 111 cm³/mol. The van der Waals surface area contributed by atoms with Crippen LogP contribution in [0.3, 0.4) is 0 Å². The Morgan fingerprint density at radius 3 is 2.45 bits per heavy atom. The molecule has 7 heteroatoms. The number of para-hydroxylation sites is 1. The third kappa shape index (κ3) is 4.92. The van der Waals surface area contributed by atoms with Crippen LogP contribution < -0.4 is 9.64 Å². The van der Waals surface area contributed by atoms with Crippen molar-refractivity contribution in [2.24, 2.45) is 0 Å². The van der Waals surface area contributed by atoms with Crippen molar-refractivity contribution in [2.45, 2.75) is 13.8 Å². The normalized spacial score (nSPS) is 10.3. The molecule has 148 valence electrons. The van der Waals surface area contributed by atoms with E-state index < -0.39 is 5.97 Å². The molecule has 0 aliphatic heterocycles. The number of carbonyl (C=O) groups excluding carboxylic acids is 2. The molecule has 0 fully saturated rings. The SMILES string of the molecule is CCOC(=O)c1cc(Cl)cnc1N(C(C)=O)c1cccc(Oc2ccccc2)c1. The van der Waals surface area contributed by atoms with E-state index in [0.29, 0.717) is 17.2 Å². The number of anilines is 2. The van der Waals surface area contributed by atoms with Crippen LogP contribution in [0, 0.1) is 0 Å². The molecule has 0 aliphatic rings. The number of pyridine rings is 1. The summed E-state index contributed by atoms with van der Waals surface area (Å²) in [5.41, 5.74) is 0.593. The van der Waals surface area contributed by atoms with Gasteiger partial charge in [0.1, 0.15) is 17.1 Å². The van der Waals surface area contributed by atoms with Gasteiger partial charge in [0.25, 0.3) is 0 Å². The molecule has 0 radical (unpaired) electrons. The molecule has 0 atom stereocenters. The molecule has 29 heavy (non-hydrogen) atoms. The fraction of sp³-hybridized carbons (Fsp3) is 0.136. The Labute approximate surface area is 173 Å². The topological polar surface area (TPSA) is 68.7 Å². The lowest BCUT2D eigenvalue weighted by molar-refractivity contribution is -0.115. The zero-order valence-electron chi connectivity index (χ0n) is 16.0. The number of ether oxygens (including phenoxy) is 2. The standard InChI is InChI=1S/C22H19ClN2O4/c1-3-28-22(27)20-12-16(23)14-24-21(20)25(15(2)26)17-8-7-11-19(13-17)29-18-9-5-4-6-10-18/h4-14H,3H2,1-2H3. The van der Waals surface area contributed by atoms with Crippen LogP contribution >= 0.6 is 11.6 Å². The highest BCUT2D eigenvalue weighted by atomic mass is 35.5. The molecule has 0 spiro atoms. The van der Waals surface area contributed by atoms with Gasteiger partial charge in [0.15, 0.2) is 5.82 Å². The minimum atomic E-state index is -0.611. The van der Waals surface area contributed by atoms with Gasteiger partial charge in [0.2, 0.25) is 5.91 Å². The lowest BCUT2D eigenvalue weighted by Crippen LogP contribution is -2.26. The summed E-state index contributed by atoms with van der Waals surface area (Å²) in [6.07, 6.45) is 1.37. The molecule has 1 aromatic heterocycles. The highest BCUT2D eigenvalue weighted by Gasteiger charge is 2.24. The number of rotatable bonds is 6. The summed E-state index contributed by atoms with van der Waals surface area (Å²) in [6.45, 7) is 3.27. The molecule has 3 aromatic rings. The predicted octanol–water partition coefficient (Wildman–Crippen LogP) is 5.39. The number of halogens is 1. The van der Waals surface area contributed by atoms with Crippen molar-refractivity contribution in [2.75, 3.05) is 11.5 Å². The number of carbonyl (C=O) groups is 2. The van der Waals surface area contributed by atoms with Crippen molar-refractivity contribution in [1.82, 2.24) is 4.98 Å². The van der Waals surface area contributed by atoms with Crippen LogP contribution in [0.4, 0.5) is 11.5 Å². The molecule has 0 aliphatic carbocycles. The van der Waals surface area contributed by atoms with Crippen molar-refractivity contribution < 1.29 is 19.1 Å². The van der Waals surface area contributed by atoms with Crippen molar-refractivity contribution in [3.05, 3.63) is 77.4 Å². The van der Waals surface area contributed by atoms with E-state index in [2.05, 4.69) is 4.98 Å². The summed E-state index contributed by atoms with van der Waals surface area (Å²) < 4.78 is 10.9. The Hall–Kier alpha value is -3.38. The summed E-state index contributed by atoms with van der Waals surface area (Å²) in [7, 11) is 0. The first-order chi connectivity index (χ1) is 14.0. The van der Waals surface area contributed by atoms with Gasteiger partial charge in [-0.25, -0.2) is 9.78 Å². The van der Waals surface area contributed by atoms with Gasteiger partial charge in [0, 0.05) is 19.2 Å². The molecular formula is C22H19ClN2O4. The minimum Gasteiger partial charge on any atom is -0.462 e. The Morgan fingerprint density at radius 1 is 1.03 bits per heavy atom. The van der Waals surface area contributed by atoms with E-state index in [0.717, 1.165) is 0 Å². The Bertz CT molecular complexity index is 1020. The van der Waals surface area contributed by atoms with E-state index in [1.54, 1.807) is 31.2 Å². The molecule has 0 saturated heterocycles. The van der Waals surface area contributed by atoms with E-state index in [-0.39, 0.29) is 28.9 Å². The van der Waals surface area contributed by atoms with Gasteiger partial charge >= 0.3 is 5.97 Å². The lowest BCUT2D eigenvalue weighted by Gasteiger charge is -2.23. The average Bonchev–Trinajstić information content (AvgIpc) is 2.70.